The number of benzene rings is 1. The molecule has 0 aromatic heterocycles. The lowest BCUT2D eigenvalue weighted by Gasteiger charge is -2.37. The smallest absolute Gasteiger partial charge is 0.242 e. The maximum Gasteiger partial charge on any atom is 0.242 e. The van der Waals surface area contributed by atoms with Gasteiger partial charge in [-0.2, -0.15) is 5.26 Å². The van der Waals surface area contributed by atoms with Crippen LogP contribution in [0.15, 0.2) is 30.3 Å². The highest BCUT2D eigenvalue weighted by Crippen LogP contribution is 2.14. The number of rotatable bonds is 4. The van der Waals surface area contributed by atoms with Crippen molar-refractivity contribution in [1.29, 1.82) is 5.26 Å². The molecule has 1 aromatic carbocycles. The molecular weight excluding hydrogens is 264 g/mol. The van der Waals surface area contributed by atoms with E-state index in [0.29, 0.717) is 18.6 Å². The first-order valence-electron chi connectivity index (χ1n) is 7.31. The molecule has 0 spiro atoms. The van der Waals surface area contributed by atoms with Gasteiger partial charge in [0, 0.05) is 30.9 Å². The number of amides is 1. The van der Waals surface area contributed by atoms with Gasteiger partial charge in [-0.25, -0.2) is 0 Å². The van der Waals surface area contributed by atoms with Crippen molar-refractivity contribution in [3.63, 3.8) is 0 Å². The molecule has 0 bridgehead atoms. The number of nitrogens with one attached hydrogen (secondary N) is 1. The van der Waals surface area contributed by atoms with Crippen LogP contribution in [0.5, 0.6) is 0 Å². The summed E-state index contributed by atoms with van der Waals surface area (Å²) in [5.41, 5.74) is 0.778. The first kappa shape index (κ1) is 15.5. The van der Waals surface area contributed by atoms with Gasteiger partial charge in [0.25, 0.3) is 0 Å². The quantitative estimate of drug-likeness (QED) is 0.846. The Kier molecular flexibility index (Phi) is 5.32. The maximum absolute atomic E-state index is 12.6. The molecule has 112 valence electrons. The van der Waals surface area contributed by atoms with Gasteiger partial charge >= 0.3 is 0 Å². The van der Waals surface area contributed by atoms with Crippen molar-refractivity contribution in [3.05, 3.63) is 30.3 Å². The second-order valence-electron chi connectivity index (χ2n) is 5.56. The lowest BCUT2D eigenvalue weighted by molar-refractivity contribution is -0.120. The second-order valence-corrected chi connectivity index (χ2v) is 5.56. The molecule has 1 aliphatic rings. The molecule has 0 saturated carbocycles. The van der Waals surface area contributed by atoms with E-state index in [-0.39, 0.29) is 12.5 Å². The summed E-state index contributed by atoms with van der Waals surface area (Å²) in [6, 6.07) is 12.2. The molecular formula is C16H22N4O. The predicted molar refractivity (Wildman–Crippen MR) is 82.9 cm³/mol. The third kappa shape index (κ3) is 4.03. The molecule has 2 rings (SSSR count). The van der Waals surface area contributed by atoms with E-state index >= 15 is 0 Å². The molecule has 0 radical (unpaired) electrons. The summed E-state index contributed by atoms with van der Waals surface area (Å²) in [5, 5.41) is 12.4. The summed E-state index contributed by atoms with van der Waals surface area (Å²) in [6.07, 6.45) is 0. The van der Waals surface area contributed by atoms with Gasteiger partial charge in [-0.15, -0.1) is 0 Å². The fourth-order valence-corrected chi connectivity index (χ4v) is 2.58. The third-order valence-electron chi connectivity index (χ3n) is 3.83. The summed E-state index contributed by atoms with van der Waals surface area (Å²) < 4.78 is 0. The van der Waals surface area contributed by atoms with Crippen molar-refractivity contribution in [1.82, 2.24) is 10.2 Å². The van der Waals surface area contributed by atoms with E-state index in [4.69, 9.17) is 5.26 Å². The third-order valence-corrected chi connectivity index (χ3v) is 3.83. The summed E-state index contributed by atoms with van der Waals surface area (Å²) in [4.78, 5) is 16.3. The van der Waals surface area contributed by atoms with Crippen LogP contribution in [0.1, 0.15) is 13.8 Å². The average molecular weight is 286 g/mol. The highest BCUT2D eigenvalue weighted by atomic mass is 16.2. The predicted octanol–water partition coefficient (Wildman–Crippen LogP) is 1.23. The maximum atomic E-state index is 12.6. The van der Waals surface area contributed by atoms with Crippen molar-refractivity contribution in [2.24, 2.45) is 0 Å². The van der Waals surface area contributed by atoms with E-state index < -0.39 is 0 Å². The van der Waals surface area contributed by atoms with Gasteiger partial charge in [0.2, 0.25) is 5.91 Å². The standard InChI is InChI=1S/C16H22N4O/c1-13-11-19(14(2)10-18-13)12-16(21)20(9-8-17)15-6-4-3-5-7-15/h3-7,13-14,18H,9-12H2,1-2H3. The molecule has 1 aromatic rings. The van der Waals surface area contributed by atoms with Crippen LogP contribution in [0, 0.1) is 11.3 Å². The number of para-hydroxylation sites is 1. The molecule has 1 amide bonds. The van der Waals surface area contributed by atoms with Gasteiger partial charge in [0.15, 0.2) is 0 Å². The first-order valence-corrected chi connectivity index (χ1v) is 7.31. The van der Waals surface area contributed by atoms with Crippen molar-refractivity contribution < 1.29 is 4.79 Å². The van der Waals surface area contributed by atoms with Crippen molar-refractivity contribution in [3.8, 4) is 6.07 Å². The van der Waals surface area contributed by atoms with Crippen LogP contribution in [0.4, 0.5) is 5.69 Å². The van der Waals surface area contributed by atoms with Crippen molar-refractivity contribution in [2.45, 2.75) is 25.9 Å². The van der Waals surface area contributed by atoms with E-state index in [0.717, 1.165) is 18.8 Å². The van der Waals surface area contributed by atoms with Crippen LogP contribution in [0.25, 0.3) is 0 Å². The normalized spacial score (nSPS) is 22.5. The minimum atomic E-state index is -0.0244. The molecule has 21 heavy (non-hydrogen) atoms. The molecule has 5 heteroatoms. The number of nitriles is 1. The van der Waals surface area contributed by atoms with E-state index in [1.165, 1.54) is 0 Å². The Hall–Kier alpha value is -1.90. The van der Waals surface area contributed by atoms with Crippen LogP contribution in [-0.2, 0) is 4.79 Å². The van der Waals surface area contributed by atoms with E-state index in [9.17, 15) is 4.79 Å². The summed E-state index contributed by atoms with van der Waals surface area (Å²) >= 11 is 0. The van der Waals surface area contributed by atoms with Crippen molar-refractivity contribution in [2.75, 3.05) is 31.1 Å². The Bertz CT molecular complexity index is 511. The largest absolute Gasteiger partial charge is 0.311 e. The zero-order chi connectivity index (χ0) is 15.2. The topological polar surface area (TPSA) is 59.4 Å². The van der Waals surface area contributed by atoms with Crippen LogP contribution >= 0.6 is 0 Å². The van der Waals surface area contributed by atoms with Gasteiger partial charge in [0.05, 0.1) is 12.6 Å². The summed E-state index contributed by atoms with van der Waals surface area (Å²) in [5.74, 6) is -0.0244. The minimum Gasteiger partial charge on any atom is -0.311 e. The Balaban J connectivity index is 2.07. The Morgan fingerprint density at radius 3 is 2.81 bits per heavy atom. The molecule has 1 saturated heterocycles. The molecule has 2 unspecified atom stereocenters. The SMILES string of the molecule is CC1CN(CC(=O)N(CC#N)c2ccccc2)C(C)CN1. The van der Waals surface area contributed by atoms with E-state index in [1.807, 2.05) is 30.3 Å². The fraction of sp³-hybridized carbons (Fsp3) is 0.500. The highest BCUT2D eigenvalue weighted by molar-refractivity contribution is 5.95. The van der Waals surface area contributed by atoms with Gasteiger partial charge in [-0.05, 0) is 26.0 Å². The second kappa shape index (κ2) is 7.21. The monoisotopic (exact) mass is 286 g/mol. The van der Waals surface area contributed by atoms with Gasteiger partial charge in [-0.3, -0.25) is 14.6 Å². The molecule has 1 aliphatic heterocycles. The van der Waals surface area contributed by atoms with Gasteiger partial charge in [0.1, 0.15) is 6.54 Å². The number of carbonyl (C=O) groups excluding carboxylic acids is 1. The molecule has 1 heterocycles. The van der Waals surface area contributed by atoms with Crippen LogP contribution < -0.4 is 10.2 Å². The van der Waals surface area contributed by atoms with Crippen molar-refractivity contribution >= 4 is 11.6 Å². The van der Waals surface area contributed by atoms with E-state index in [2.05, 4.69) is 30.1 Å². The van der Waals surface area contributed by atoms with Gasteiger partial charge in [-0.1, -0.05) is 18.2 Å². The van der Waals surface area contributed by atoms with Crippen LogP contribution in [0.3, 0.4) is 0 Å². The highest BCUT2D eigenvalue weighted by Gasteiger charge is 2.26. The molecule has 5 nitrogen and oxygen atoms in total. The lowest BCUT2D eigenvalue weighted by Crippen LogP contribution is -2.56. The minimum absolute atomic E-state index is 0.0244. The first-order chi connectivity index (χ1) is 10.1. The summed E-state index contributed by atoms with van der Waals surface area (Å²) in [7, 11) is 0. The Morgan fingerprint density at radius 2 is 2.14 bits per heavy atom. The molecule has 0 aliphatic carbocycles. The number of anilines is 1. The number of hydrogen-bond acceptors (Lipinski definition) is 4. The lowest BCUT2D eigenvalue weighted by atomic mass is 10.1. The fourth-order valence-electron chi connectivity index (χ4n) is 2.58. The number of hydrogen-bond donors (Lipinski definition) is 1. The number of piperazine rings is 1. The van der Waals surface area contributed by atoms with E-state index in [1.54, 1.807) is 4.90 Å². The van der Waals surface area contributed by atoms with Crippen LogP contribution in [-0.4, -0.2) is 49.1 Å². The molecule has 1 fully saturated rings. The molecule has 2 atom stereocenters. The molecule has 1 N–H and O–H groups in total. The Labute approximate surface area is 126 Å². The number of carbonyl (C=O) groups is 1. The number of nitrogens with zero attached hydrogens (tertiary/aromatic N) is 3. The zero-order valence-electron chi connectivity index (χ0n) is 12.6. The summed E-state index contributed by atoms with van der Waals surface area (Å²) in [6.45, 7) is 6.40. The van der Waals surface area contributed by atoms with Crippen LogP contribution in [0.2, 0.25) is 0 Å². The zero-order valence-corrected chi connectivity index (χ0v) is 12.6. The Morgan fingerprint density at radius 1 is 1.43 bits per heavy atom. The van der Waals surface area contributed by atoms with Gasteiger partial charge < -0.3 is 5.32 Å². The average Bonchev–Trinajstić information content (AvgIpc) is 2.49.